The van der Waals surface area contributed by atoms with Crippen LogP contribution in [0.4, 0.5) is 4.39 Å². The molecule has 1 fully saturated rings. The molecule has 156 valence electrons. The van der Waals surface area contributed by atoms with Gasteiger partial charge < -0.3 is 10.1 Å². The average Bonchev–Trinajstić information content (AvgIpc) is 2.73. The highest BCUT2D eigenvalue weighted by molar-refractivity contribution is 7.89. The van der Waals surface area contributed by atoms with Crippen molar-refractivity contribution in [2.24, 2.45) is 0 Å². The van der Waals surface area contributed by atoms with E-state index in [2.05, 4.69) is 5.32 Å². The van der Waals surface area contributed by atoms with Crippen LogP contribution in [0.3, 0.4) is 0 Å². The van der Waals surface area contributed by atoms with Crippen LogP contribution in [-0.4, -0.2) is 38.3 Å². The summed E-state index contributed by atoms with van der Waals surface area (Å²) in [6.07, 6.45) is 2.29. The molecule has 0 saturated carbocycles. The number of halogens is 1. The Bertz CT molecular complexity index is 947. The fraction of sp³-hybridized carbons (Fsp3) is 0.381. The molecule has 1 aliphatic heterocycles. The van der Waals surface area contributed by atoms with Crippen molar-refractivity contribution < 1.29 is 22.3 Å². The molecule has 1 atom stereocenters. The van der Waals surface area contributed by atoms with Gasteiger partial charge in [-0.15, -0.1) is 0 Å². The maximum atomic E-state index is 13.2. The van der Waals surface area contributed by atoms with Crippen LogP contribution in [0.1, 0.15) is 31.2 Å². The Morgan fingerprint density at radius 2 is 1.90 bits per heavy atom. The monoisotopic (exact) mass is 420 g/mol. The zero-order valence-corrected chi connectivity index (χ0v) is 17.1. The lowest BCUT2D eigenvalue weighted by Gasteiger charge is -2.34. The second-order valence-corrected chi connectivity index (χ2v) is 8.90. The maximum Gasteiger partial charge on any atom is 0.243 e. The first-order valence-electron chi connectivity index (χ1n) is 9.58. The number of piperidine rings is 1. The number of carbonyl (C=O) groups excluding carboxylic acids is 1. The molecular formula is C21H25FN2O4S. The smallest absolute Gasteiger partial charge is 0.243 e. The summed E-state index contributed by atoms with van der Waals surface area (Å²) in [6.45, 7) is 0.657. The number of benzene rings is 2. The van der Waals surface area contributed by atoms with Gasteiger partial charge in [0, 0.05) is 31.1 Å². The van der Waals surface area contributed by atoms with Gasteiger partial charge in [0.25, 0.3) is 0 Å². The molecule has 1 N–H and O–H groups in total. The predicted octanol–water partition coefficient (Wildman–Crippen LogP) is 3.08. The minimum absolute atomic E-state index is 0.0419. The van der Waals surface area contributed by atoms with Gasteiger partial charge in [-0.25, -0.2) is 12.8 Å². The number of hydrogen-bond donors (Lipinski definition) is 1. The molecule has 0 unspecified atom stereocenters. The van der Waals surface area contributed by atoms with Gasteiger partial charge in [-0.2, -0.15) is 4.31 Å². The summed E-state index contributed by atoms with van der Waals surface area (Å²) in [4.78, 5) is 12.6. The summed E-state index contributed by atoms with van der Waals surface area (Å²) in [6, 6.07) is 11.8. The first-order chi connectivity index (χ1) is 13.9. The number of nitrogens with one attached hydrogen (secondary N) is 1. The fourth-order valence-corrected chi connectivity index (χ4v) is 5.26. The Kier molecular flexibility index (Phi) is 6.87. The second kappa shape index (κ2) is 9.37. The molecular weight excluding hydrogens is 395 g/mol. The van der Waals surface area contributed by atoms with Gasteiger partial charge >= 0.3 is 0 Å². The highest BCUT2D eigenvalue weighted by atomic mass is 32.2. The van der Waals surface area contributed by atoms with Gasteiger partial charge in [-0.1, -0.05) is 24.6 Å². The summed E-state index contributed by atoms with van der Waals surface area (Å²) < 4.78 is 45.9. The number of hydrogen-bond acceptors (Lipinski definition) is 4. The van der Waals surface area contributed by atoms with Crippen molar-refractivity contribution in [1.82, 2.24) is 9.62 Å². The Hall–Kier alpha value is -2.45. The Balaban J connectivity index is 1.68. The predicted molar refractivity (Wildman–Crippen MR) is 107 cm³/mol. The molecule has 1 saturated heterocycles. The number of methoxy groups -OCH3 is 1. The third-order valence-corrected chi connectivity index (χ3v) is 7.05. The normalized spacial score (nSPS) is 17.7. The van der Waals surface area contributed by atoms with Crippen LogP contribution in [0.5, 0.6) is 5.75 Å². The topological polar surface area (TPSA) is 75.7 Å². The van der Waals surface area contributed by atoms with Gasteiger partial charge in [0.15, 0.2) is 0 Å². The Morgan fingerprint density at radius 3 is 2.62 bits per heavy atom. The van der Waals surface area contributed by atoms with E-state index in [1.165, 1.54) is 16.4 Å². The summed E-state index contributed by atoms with van der Waals surface area (Å²) in [5.41, 5.74) is 0.850. The quantitative estimate of drug-likeness (QED) is 0.747. The van der Waals surface area contributed by atoms with Crippen LogP contribution in [-0.2, 0) is 21.4 Å². The zero-order chi connectivity index (χ0) is 20.9. The van der Waals surface area contributed by atoms with E-state index in [0.29, 0.717) is 25.3 Å². The van der Waals surface area contributed by atoms with Crippen molar-refractivity contribution in [2.75, 3.05) is 13.7 Å². The lowest BCUT2D eigenvalue weighted by molar-refractivity contribution is -0.122. The lowest BCUT2D eigenvalue weighted by Crippen LogP contribution is -2.45. The molecule has 29 heavy (non-hydrogen) atoms. The molecule has 1 aliphatic rings. The van der Waals surface area contributed by atoms with Gasteiger partial charge in [0.2, 0.25) is 15.9 Å². The van der Waals surface area contributed by atoms with Gasteiger partial charge in [0.1, 0.15) is 11.6 Å². The van der Waals surface area contributed by atoms with Crippen LogP contribution < -0.4 is 10.1 Å². The van der Waals surface area contributed by atoms with E-state index < -0.39 is 21.9 Å². The molecule has 0 aromatic heterocycles. The van der Waals surface area contributed by atoms with E-state index in [4.69, 9.17) is 4.74 Å². The standard InChI is InChI=1S/C21H25FN2O4S/c1-28-20-8-3-2-6-16(20)15-23-21(25)14-18-7-4-5-13-24(18)29(26,27)19-11-9-17(22)10-12-19/h2-3,6,8-12,18H,4-5,7,13-15H2,1H3,(H,23,25)/t18-/m0/s1. The third kappa shape index (κ3) is 5.13. The zero-order valence-electron chi connectivity index (χ0n) is 16.3. The summed E-state index contributed by atoms with van der Waals surface area (Å²) in [7, 11) is -2.21. The first-order valence-corrected chi connectivity index (χ1v) is 11.0. The maximum absolute atomic E-state index is 13.2. The van der Waals surface area contributed by atoms with Gasteiger partial charge in [0.05, 0.1) is 12.0 Å². The first kappa shape index (κ1) is 21.3. The number of para-hydroxylation sites is 1. The number of sulfonamides is 1. The molecule has 3 rings (SSSR count). The lowest BCUT2D eigenvalue weighted by atomic mass is 10.0. The van der Waals surface area contributed by atoms with Crippen molar-refractivity contribution in [3.63, 3.8) is 0 Å². The molecule has 2 aromatic rings. The molecule has 0 spiro atoms. The SMILES string of the molecule is COc1ccccc1CNC(=O)C[C@@H]1CCCCN1S(=O)(=O)c1ccc(F)cc1. The van der Waals surface area contributed by atoms with Crippen molar-refractivity contribution in [3.05, 3.63) is 59.9 Å². The number of ether oxygens (including phenoxy) is 1. The van der Waals surface area contributed by atoms with Crippen LogP contribution in [0.2, 0.25) is 0 Å². The van der Waals surface area contributed by atoms with Crippen LogP contribution in [0.15, 0.2) is 53.4 Å². The molecule has 1 amide bonds. The fourth-order valence-electron chi connectivity index (χ4n) is 3.57. The molecule has 0 radical (unpaired) electrons. The number of amides is 1. The van der Waals surface area contributed by atoms with Crippen molar-refractivity contribution in [3.8, 4) is 5.75 Å². The van der Waals surface area contributed by atoms with Crippen molar-refractivity contribution >= 4 is 15.9 Å². The van der Waals surface area contributed by atoms with Crippen LogP contribution in [0, 0.1) is 5.82 Å². The molecule has 6 nitrogen and oxygen atoms in total. The average molecular weight is 421 g/mol. The minimum Gasteiger partial charge on any atom is -0.496 e. The molecule has 0 bridgehead atoms. The Labute approximate surface area is 170 Å². The summed E-state index contributed by atoms with van der Waals surface area (Å²) >= 11 is 0. The van der Waals surface area contributed by atoms with E-state index >= 15 is 0 Å². The summed E-state index contributed by atoms with van der Waals surface area (Å²) in [5.74, 6) is -0.0250. The number of rotatable bonds is 7. The largest absolute Gasteiger partial charge is 0.496 e. The van der Waals surface area contributed by atoms with Crippen molar-refractivity contribution in [2.45, 2.75) is 43.2 Å². The number of carbonyl (C=O) groups is 1. The highest BCUT2D eigenvalue weighted by Gasteiger charge is 2.34. The van der Waals surface area contributed by atoms with E-state index in [1.54, 1.807) is 7.11 Å². The van der Waals surface area contributed by atoms with Crippen LogP contribution in [0.25, 0.3) is 0 Å². The molecule has 2 aromatic carbocycles. The van der Waals surface area contributed by atoms with Crippen molar-refractivity contribution in [1.29, 1.82) is 0 Å². The number of nitrogens with zero attached hydrogens (tertiary/aromatic N) is 1. The van der Waals surface area contributed by atoms with E-state index in [1.807, 2.05) is 24.3 Å². The van der Waals surface area contributed by atoms with E-state index in [-0.39, 0.29) is 17.2 Å². The highest BCUT2D eigenvalue weighted by Crippen LogP contribution is 2.27. The second-order valence-electron chi connectivity index (χ2n) is 7.01. The van der Waals surface area contributed by atoms with Crippen LogP contribution >= 0.6 is 0 Å². The molecule has 0 aliphatic carbocycles. The van der Waals surface area contributed by atoms with E-state index in [0.717, 1.165) is 30.5 Å². The third-order valence-electron chi connectivity index (χ3n) is 5.08. The minimum atomic E-state index is -3.78. The van der Waals surface area contributed by atoms with Gasteiger partial charge in [-0.3, -0.25) is 4.79 Å². The summed E-state index contributed by atoms with van der Waals surface area (Å²) in [5, 5.41) is 2.85. The van der Waals surface area contributed by atoms with Gasteiger partial charge in [-0.05, 0) is 43.2 Å². The molecule has 1 heterocycles. The molecule has 8 heteroatoms. The van der Waals surface area contributed by atoms with E-state index in [9.17, 15) is 17.6 Å². The Morgan fingerprint density at radius 1 is 1.17 bits per heavy atom.